The number of carbonyl (C=O) groups is 2. The molecule has 1 atom stereocenters. The standard InChI is InChI=1S/C12H12N4O2S/c13-4-1-2-8-3-5-14-10(6-8)16-11(17)9-7-19-12(18)15-9/h3,5-6,9H,4,7,13H2,(H,15,18)(H,14,16,17). The van der Waals surface area contributed by atoms with Gasteiger partial charge in [-0.3, -0.25) is 9.59 Å². The Balaban J connectivity index is 2.02. The molecule has 1 aromatic rings. The van der Waals surface area contributed by atoms with Gasteiger partial charge in [-0.1, -0.05) is 23.6 Å². The smallest absolute Gasteiger partial charge is 0.279 e. The van der Waals surface area contributed by atoms with Crippen LogP contribution in [0.1, 0.15) is 5.56 Å². The molecule has 1 fully saturated rings. The second-order valence-electron chi connectivity index (χ2n) is 3.72. The second-order valence-corrected chi connectivity index (χ2v) is 4.71. The molecule has 98 valence electrons. The van der Waals surface area contributed by atoms with Gasteiger partial charge in [0.25, 0.3) is 5.24 Å². The van der Waals surface area contributed by atoms with E-state index in [0.717, 1.165) is 17.3 Å². The van der Waals surface area contributed by atoms with Gasteiger partial charge in [0.1, 0.15) is 11.9 Å². The average molecular weight is 276 g/mol. The molecule has 2 amide bonds. The fourth-order valence-corrected chi connectivity index (χ4v) is 2.25. The SMILES string of the molecule is NCC#Cc1ccnc(NC(=O)C2CSC(=O)N2)c1. The van der Waals surface area contributed by atoms with Crippen molar-refractivity contribution in [2.75, 3.05) is 17.6 Å². The van der Waals surface area contributed by atoms with Crippen molar-refractivity contribution in [3.8, 4) is 11.8 Å². The first-order chi connectivity index (χ1) is 9.19. The predicted octanol–water partition coefficient (Wildman–Crippen LogP) is 0.155. The van der Waals surface area contributed by atoms with Crippen LogP contribution in [0.4, 0.5) is 10.6 Å². The molecule has 0 aromatic carbocycles. The summed E-state index contributed by atoms with van der Waals surface area (Å²) in [6.45, 7) is 0.273. The van der Waals surface area contributed by atoms with E-state index in [1.54, 1.807) is 18.3 Å². The molecule has 2 heterocycles. The third-order valence-electron chi connectivity index (χ3n) is 2.34. The Labute approximate surface area is 114 Å². The van der Waals surface area contributed by atoms with Gasteiger partial charge in [0.2, 0.25) is 5.91 Å². The largest absolute Gasteiger partial charge is 0.334 e. The van der Waals surface area contributed by atoms with Gasteiger partial charge in [-0.2, -0.15) is 0 Å². The minimum atomic E-state index is -0.516. The van der Waals surface area contributed by atoms with Crippen molar-refractivity contribution >= 4 is 28.7 Å². The molecule has 4 N–H and O–H groups in total. The molecule has 1 saturated heterocycles. The Morgan fingerprint density at radius 2 is 2.53 bits per heavy atom. The Bertz CT molecular complexity index is 564. The molecule has 1 aromatic heterocycles. The number of anilines is 1. The highest BCUT2D eigenvalue weighted by Gasteiger charge is 2.28. The van der Waals surface area contributed by atoms with Gasteiger partial charge in [0, 0.05) is 17.5 Å². The van der Waals surface area contributed by atoms with Crippen molar-refractivity contribution in [3.05, 3.63) is 23.9 Å². The third kappa shape index (κ3) is 3.71. The van der Waals surface area contributed by atoms with Gasteiger partial charge in [-0.05, 0) is 12.1 Å². The van der Waals surface area contributed by atoms with E-state index >= 15 is 0 Å². The maximum absolute atomic E-state index is 11.9. The van der Waals surface area contributed by atoms with Gasteiger partial charge >= 0.3 is 0 Å². The first-order valence-corrected chi connectivity index (χ1v) is 6.57. The van der Waals surface area contributed by atoms with Gasteiger partial charge < -0.3 is 16.4 Å². The van der Waals surface area contributed by atoms with Gasteiger partial charge in [-0.25, -0.2) is 4.98 Å². The molecule has 7 heteroatoms. The van der Waals surface area contributed by atoms with Crippen LogP contribution >= 0.6 is 11.8 Å². The van der Waals surface area contributed by atoms with E-state index in [1.165, 1.54) is 0 Å². The Morgan fingerprint density at radius 1 is 1.68 bits per heavy atom. The van der Waals surface area contributed by atoms with Crippen LogP contribution in [0.3, 0.4) is 0 Å². The number of nitrogens with two attached hydrogens (primary N) is 1. The lowest BCUT2D eigenvalue weighted by Gasteiger charge is -2.09. The normalized spacial score (nSPS) is 17.3. The maximum atomic E-state index is 11.9. The van der Waals surface area contributed by atoms with Crippen molar-refractivity contribution < 1.29 is 9.59 Å². The molecule has 19 heavy (non-hydrogen) atoms. The van der Waals surface area contributed by atoms with E-state index in [0.29, 0.717) is 11.6 Å². The quantitative estimate of drug-likeness (QED) is 0.668. The molecule has 0 saturated carbocycles. The van der Waals surface area contributed by atoms with Crippen LogP contribution in [0.2, 0.25) is 0 Å². The van der Waals surface area contributed by atoms with Crippen molar-refractivity contribution in [3.63, 3.8) is 0 Å². The Hall–Kier alpha value is -2.04. The summed E-state index contributed by atoms with van der Waals surface area (Å²) in [5.74, 6) is 6.13. The average Bonchev–Trinajstić information content (AvgIpc) is 2.83. The lowest BCUT2D eigenvalue weighted by molar-refractivity contribution is -0.117. The first-order valence-electron chi connectivity index (χ1n) is 5.58. The predicted molar refractivity (Wildman–Crippen MR) is 73.6 cm³/mol. The van der Waals surface area contributed by atoms with E-state index in [2.05, 4.69) is 27.5 Å². The number of amides is 2. The number of rotatable bonds is 2. The lowest BCUT2D eigenvalue weighted by atomic mass is 10.2. The van der Waals surface area contributed by atoms with Crippen LogP contribution in [0, 0.1) is 11.8 Å². The number of nitrogens with one attached hydrogen (secondary N) is 2. The first kappa shape index (κ1) is 13.4. The van der Waals surface area contributed by atoms with E-state index in [1.807, 2.05) is 0 Å². The van der Waals surface area contributed by atoms with Crippen molar-refractivity contribution in [2.24, 2.45) is 5.73 Å². The molecule has 0 spiro atoms. The molecule has 0 radical (unpaired) electrons. The van der Waals surface area contributed by atoms with Crippen LogP contribution in [0.15, 0.2) is 18.3 Å². The van der Waals surface area contributed by atoms with Gasteiger partial charge in [0.05, 0.1) is 6.54 Å². The topological polar surface area (TPSA) is 97.1 Å². The zero-order chi connectivity index (χ0) is 13.7. The van der Waals surface area contributed by atoms with Crippen molar-refractivity contribution in [1.29, 1.82) is 0 Å². The van der Waals surface area contributed by atoms with Crippen LogP contribution in [-0.4, -0.2) is 34.5 Å². The summed E-state index contributed by atoms with van der Waals surface area (Å²) in [5.41, 5.74) is 6.01. The summed E-state index contributed by atoms with van der Waals surface area (Å²) >= 11 is 1.09. The molecule has 2 rings (SSSR count). The van der Waals surface area contributed by atoms with Crippen LogP contribution < -0.4 is 16.4 Å². The summed E-state index contributed by atoms with van der Waals surface area (Å²) in [6.07, 6.45) is 1.55. The molecule has 0 bridgehead atoms. The number of nitrogens with zero attached hydrogens (tertiary/aromatic N) is 1. The minimum Gasteiger partial charge on any atom is -0.334 e. The highest BCUT2D eigenvalue weighted by atomic mass is 32.2. The number of hydrogen-bond donors (Lipinski definition) is 3. The Morgan fingerprint density at radius 3 is 3.21 bits per heavy atom. The highest BCUT2D eigenvalue weighted by Crippen LogP contribution is 2.14. The summed E-state index contributed by atoms with van der Waals surface area (Å²) in [5, 5.41) is 5.02. The number of thioether (sulfide) groups is 1. The maximum Gasteiger partial charge on any atom is 0.279 e. The summed E-state index contributed by atoms with van der Waals surface area (Å²) in [7, 11) is 0. The number of aromatic nitrogens is 1. The fraction of sp³-hybridized carbons (Fsp3) is 0.250. The zero-order valence-corrected chi connectivity index (χ0v) is 10.8. The fourth-order valence-electron chi connectivity index (χ4n) is 1.47. The summed E-state index contributed by atoms with van der Waals surface area (Å²) in [6, 6.07) is 2.87. The summed E-state index contributed by atoms with van der Waals surface area (Å²) < 4.78 is 0. The Kier molecular flexibility index (Phi) is 4.39. The second kappa shape index (κ2) is 6.22. The molecule has 1 unspecified atom stereocenters. The number of carbonyl (C=O) groups excluding carboxylic acids is 2. The zero-order valence-electron chi connectivity index (χ0n) is 9.97. The highest BCUT2D eigenvalue weighted by molar-refractivity contribution is 8.14. The molecular formula is C12H12N4O2S. The van der Waals surface area contributed by atoms with Gasteiger partial charge in [0.15, 0.2) is 0 Å². The summed E-state index contributed by atoms with van der Waals surface area (Å²) in [4.78, 5) is 26.9. The third-order valence-corrected chi connectivity index (χ3v) is 3.22. The van der Waals surface area contributed by atoms with Crippen LogP contribution in [-0.2, 0) is 4.79 Å². The van der Waals surface area contributed by atoms with E-state index in [9.17, 15) is 9.59 Å². The minimum absolute atomic E-state index is 0.185. The van der Waals surface area contributed by atoms with Gasteiger partial charge in [-0.15, -0.1) is 0 Å². The number of hydrogen-bond acceptors (Lipinski definition) is 5. The van der Waals surface area contributed by atoms with Crippen molar-refractivity contribution in [2.45, 2.75) is 6.04 Å². The lowest BCUT2D eigenvalue weighted by Crippen LogP contribution is -2.38. The molecule has 0 aliphatic carbocycles. The van der Waals surface area contributed by atoms with E-state index < -0.39 is 6.04 Å². The molecular weight excluding hydrogens is 264 g/mol. The van der Waals surface area contributed by atoms with Crippen LogP contribution in [0.5, 0.6) is 0 Å². The van der Waals surface area contributed by atoms with E-state index in [-0.39, 0.29) is 17.7 Å². The van der Waals surface area contributed by atoms with Crippen LogP contribution in [0.25, 0.3) is 0 Å². The van der Waals surface area contributed by atoms with E-state index in [4.69, 9.17) is 5.73 Å². The molecule has 1 aliphatic rings. The molecule has 6 nitrogen and oxygen atoms in total. The van der Waals surface area contributed by atoms with Crippen molar-refractivity contribution in [1.82, 2.24) is 10.3 Å². The monoisotopic (exact) mass is 276 g/mol. The number of pyridine rings is 1. The molecule has 1 aliphatic heterocycles.